The second-order valence-electron chi connectivity index (χ2n) is 2.68. The maximum Gasteiger partial charge on any atom is 0.279 e. The highest BCUT2D eigenvalue weighted by atomic mass is 35.5. The summed E-state index contributed by atoms with van der Waals surface area (Å²) in [6.45, 7) is 1.87. The van der Waals surface area contributed by atoms with Crippen molar-refractivity contribution < 1.29 is 13.3 Å². The molecule has 1 rings (SSSR count). The fourth-order valence-electron chi connectivity index (χ4n) is 0.891. The molecule has 0 bridgehead atoms. The number of nitrogens with zero attached hydrogens (tertiary/aromatic N) is 1. The molecule has 0 saturated heterocycles. The van der Waals surface area contributed by atoms with Crippen molar-refractivity contribution in [2.45, 2.75) is 11.8 Å². The first-order chi connectivity index (χ1) is 6.48. The molecule has 1 aromatic rings. The Labute approximate surface area is 88.2 Å². The Bertz CT molecular complexity index is 401. The highest BCUT2D eigenvalue weighted by molar-refractivity contribution is 7.89. The number of hydrogen-bond acceptors (Lipinski definition) is 3. The monoisotopic (exact) mass is 235 g/mol. The lowest BCUT2D eigenvalue weighted by Crippen LogP contribution is -2.20. The number of rotatable bonds is 3. The minimum absolute atomic E-state index is 0.0972. The van der Waals surface area contributed by atoms with Gasteiger partial charge >= 0.3 is 0 Å². The summed E-state index contributed by atoms with van der Waals surface area (Å²) in [6, 6.07) is 6.32. The van der Waals surface area contributed by atoms with Gasteiger partial charge in [-0.2, -0.15) is 0 Å². The van der Waals surface area contributed by atoms with Crippen LogP contribution in [0.15, 0.2) is 29.2 Å². The van der Waals surface area contributed by atoms with Crippen molar-refractivity contribution in [2.75, 3.05) is 7.11 Å². The third kappa shape index (κ3) is 2.24. The van der Waals surface area contributed by atoms with Gasteiger partial charge < -0.3 is 0 Å². The third-order valence-corrected chi connectivity index (χ3v) is 3.73. The largest absolute Gasteiger partial charge is 0.279 e. The predicted molar refractivity (Wildman–Crippen MR) is 53.1 cm³/mol. The van der Waals surface area contributed by atoms with Gasteiger partial charge in [0.1, 0.15) is 0 Å². The first kappa shape index (κ1) is 11.5. The van der Waals surface area contributed by atoms with E-state index in [4.69, 9.17) is 11.8 Å². The SMILES string of the molecule is CON(Cl)S(=O)(=O)c1ccc(C)cc1. The van der Waals surface area contributed by atoms with Crippen molar-refractivity contribution in [1.29, 1.82) is 0 Å². The van der Waals surface area contributed by atoms with Gasteiger partial charge in [-0.3, -0.25) is 4.84 Å². The maximum absolute atomic E-state index is 11.5. The zero-order valence-corrected chi connectivity index (χ0v) is 9.34. The molecule has 0 atom stereocenters. The fourth-order valence-corrected chi connectivity index (χ4v) is 1.97. The van der Waals surface area contributed by atoms with Gasteiger partial charge in [0.15, 0.2) is 0 Å². The van der Waals surface area contributed by atoms with Gasteiger partial charge in [0.2, 0.25) is 0 Å². The van der Waals surface area contributed by atoms with E-state index in [1.807, 2.05) is 6.92 Å². The zero-order valence-electron chi connectivity index (χ0n) is 7.77. The second kappa shape index (κ2) is 4.27. The van der Waals surface area contributed by atoms with Gasteiger partial charge in [-0.25, -0.2) is 8.42 Å². The Morgan fingerprint density at radius 2 is 1.79 bits per heavy atom. The lowest BCUT2D eigenvalue weighted by molar-refractivity contribution is 0.0313. The van der Waals surface area contributed by atoms with E-state index in [0.29, 0.717) is 3.99 Å². The van der Waals surface area contributed by atoms with Crippen LogP contribution in [0, 0.1) is 6.92 Å². The molecular formula is C8H10ClNO3S. The van der Waals surface area contributed by atoms with Gasteiger partial charge in [0.05, 0.1) is 12.0 Å². The second-order valence-corrected chi connectivity index (χ2v) is 4.94. The minimum atomic E-state index is -3.73. The Morgan fingerprint density at radius 1 is 1.29 bits per heavy atom. The van der Waals surface area contributed by atoms with Crippen LogP contribution in [-0.2, 0) is 14.9 Å². The molecule has 0 aliphatic rings. The van der Waals surface area contributed by atoms with E-state index in [0.717, 1.165) is 5.56 Å². The lowest BCUT2D eigenvalue weighted by Gasteiger charge is -2.10. The summed E-state index contributed by atoms with van der Waals surface area (Å²) in [7, 11) is -2.55. The van der Waals surface area contributed by atoms with Gasteiger partial charge in [0, 0.05) is 15.8 Å². The molecule has 0 heterocycles. The number of benzene rings is 1. The van der Waals surface area contributed by atoms with Crippen molar-refractivity contribution in [3.05, 3.63) is 29.8 Å². The molecule has 0 aliphatic heterocycles. The fraction of sp³-hybridized carbons (Fsp3) is 0.250. The zero-order chi connectivity index (χ0) is 10.8. The van der Waals surface area contributed by atoms with Crippen molar-refractivity contribution in [2.24, 2.45) is 0 Å². The number of hydrogen-bond donors (Lipinski definition) is 0. The number of halogens is 1. The summed E-state index contributed by atoms with van der Waals surface area (Å²) in [5, 5.41) is 0. The Balaban J connectivity index is 3.11. The predicted octanol–water partition coefficient (Wildman–Crippen LogP) is 1.70. The molecule has 6 heteroatoms. The van der Waals surface area contributed by atoms with E-state index < -0.39 is 10.0 Å². The summed E-state index contributed by atoms with van der Waals surface area (Å²) in [4.78, 5) is 4.51. The first-order valence-electron chi connectivity index (χ1n) is 3.80. The Morgan fingerprint density at radius 3 is 2.21 bits per heavy atom. The van der Waals surface area contributed by atoms with Crippen LogP contribution in [-0.4, -0.2) is 19.5 Å². The van der Waals surface area contributed by atoms with Crippen LogP contribution >= 0.6 is 11.8 Å². The van der Waals surface area contributed by atoms with Gasteiger partial charge in [0.25, 0.3) is 10.0 Å². The topological polar surface area (TPSA) is 46.6 Å². The van der Waals surface area contributed by atoms with Gasteiger partial charge in [-0.05, 0) is 19.1 Å². The number of aryl methyl sites for hydroxylation is 1. The first-order valence-corrected chi connectivity index (χ1v) is 5.58. The molecule has 78 valence electrons. The molecule has 4 nitrogen and oxygen atoms in total. The molecular weight excluding hydrogens is 226 g/mol. The average molecular weight is 236 g/mol. The quantitative estimate of drug-likeness (QED) is 0.592. The van der Waals surface area contributed by atoms with Crippen LogP contribution in [0.3, 0.4) is 0 Å². The molecule has 0 radical (unpaired) electrons. The van der Waals surface area contributed by atoms with Crippen molar-refractivity contribution in [1.82, 2.24) is 3.99 Å². The van der Waals surface area contributed by atoms with Crippen molar-refractivity contribution >= 4 is 21.8 Å². The minimum Gasteiger partial charge on any atom is -0.273 e. The van der Waals surface area contributed by atoms with Gasteiger partial charge in [-0.15, -0.1) is 0 Å². The van der Waals surface area contributed by atoms with E-state index >= 15 is 0 Å². The summed E-state index contributed by atoms with van der Waals surface area (Å²) in [5.41, 5.74) is 0.975. The lowest BCUT2D eigenvalue weighted by atomic mass is 10.2. The molecule has 0 N–H and O–H groups in total. The van der Waals surface area contributed by atoms with Crippen molar-refractivity contribution in [3.8, 4) is 0 Å². The van der Waals surface area contributed by atoms with Crippen LogP contribution in [0.1, 0.15) is 5.56 Å². The van der Waals surface area contributed by atoms with Crippen LogP contribution in [0.5, 0.6) is 0 Å². The third-order valence-electron chi connectivity index (χ3n) is 1.65. The molecule has 0 unspecified atom stereocenters. The standard InChI is InChI=1S/C8H10ClNO3S/c1-7-3-5-8(6-4-7)14(11,12)10(9)13-2/h3-6H,1-2H3. The highest BCUT2D eigenvalue weighted by Crippen LogP contribution is 2.17. The Hall–Kier alpha value is -0.620. The molecule has 0 aromatic heterocycles. The summed E-state index contributed by atoms with van der Waals surface area (Å²) >= 11 is 5.35. The van der Waals surface area contributed by atoms with Crippen LogP contribution < -0.4 is 0 Å². The summed E-state index contributed by atoms with van der Waals surface area (Å²) in [6.07, 6.45) is 0. The van der Waals surface area contributed by atoms with E-state index in [1.54, 1.807) is 12.1 Å². The van der Waals surface area contributed by atoms with E-state index in [9.17, 15) is 8.42 Å². The molecule has 1 aromatic carbocycles. The molecule has 0 fully saturated rings. The van der Waals surface area contributed by atoms with E-state index in [1.165, 1.54) is 19.2 Å². The molecule has 14 heavy (non-hydrogen) atoms. The Kier molecular flexibility index (Phi) is 3.49. The summed E-state index contributed by atoms with van der Waals surface area (Å²) in [5.74, 6) is 0. The van der Waals surface area contributed by atoms with Crippen molar-refractivity contribution in [3.63, 3.8) is 0 Å². The smallest absolute Gasteiger partial charge is 0.273 e. The van der Waals surface area contributed by atoms with E-state index in [2.05, 4.69) is 4.84 Å². The summed E-state index contributed by atoms with van der Waals surface area (Å²) < 4.78 is 23.4. The molecule has 0 aliphatic carbocycles. The van der Waals surface area contributed by atoms with Gasteiger partial charge in [-0.1, -0.05) is 17.7 Å². The highest BCUT2D eigenvalue weighted by Gasteiger charge is 2.22. The van der Waals surface area contributed by atoms with Crippen LogP contribution in [0.25, 0.3) is 0 Å². The number of sulfonamides is 1. The normalized spacial score (nSPS) is 12.0. The molecule has 0 spiro atoms. The van der Waals surface area contributed by atoms with Crippen LogP contribution in [0.2, 0.25) is 0 Å². The molecule has 0 saturated carbocycles. The molecule has 0 amide bonds. The van der Waals surface area contributed by atoms with Crippen LogP contribution in [0.4, 0.5) is 0 Å². The van der Waals surface area contributed by atoms with E-state index in [-0.39, 0.29) is 4.90 Å². The average Bonchev–Trinajstić information content (AvgIpc) is 2.17. The maximum atomic E-state index is 11.5.